The van der Waals surface area contributed by atoms with Crippen molar-refractivity contribution < 1.29 is 25.9 Å². The van der Waals surface area contributed by atoms with Crippen molar-refractivity contribution in [1.82, 2.24) is 0 Å². The molecular formula is C10H23O6PS2. The molecule has 19 heavy (non-hydrogen) atoms. The van der Waals surface area contributed by atoms with Gasteiger partial charge in [0.1, 0.15) is 0 Å². The van der Waals surface area contributed by atoms with Gasteiger partial charge in [-0.2, -0.15) is 16.8 Å². The molecule has 9 heteroatoms. The third-order valence-corrected chi connectivity index (χ3v) is 5.54. The Balaban J connectivity index is 3.20. The normalized spacial score (nSPS) is 12.7. The second-order valence-corrected chi connectivity index (χ2v) is 9.09. The van der Waals surface area contributed by atoms with E-state index in [2.05, 4.69) is 0 Å². The molecule has 0 saturated heterocycles. The summed E-state index contributed by atoms with van der Waals surface area (Å²) >= 11 is 0. The molecule has 0 bridgehead atoms. The van der Waals surface area contributed by atoms with Gasteiger partial charge in [0.2, 0.25) is 0 Å². The van der Waals surface area contributed by atoms with Gasteiger partial charge < -0.3 is 0 Å². The third kappa shape index (κ3) is 18.2. The molecule has 0 atom stereocenters. The lowest BCUT2D eigenvalue weighted by Gasteiger charge is -2.02. The van der Waals surface area contributed by atoms with Gasteiger partial charge in [-0.05, 0) is 38.0 Å². The first kappa shape index (κ1) is 19.2. The Morgan fingerprint density at radius 2 is 1.00 bits per heavy atom. The van der Waals surface area contributed by atoms with Crippen LogP contribution in [0.3, 0.4) is 0 Å². The van der Waals surface area contributed by atoms with Gasteiger partial charge in [0.05, 0.1) is 11.5 Å². The van der Waals surface area contributed by atoms with Crippen LogP contribution in [0.2, 0.25) is 0 Å². The zero-order valence-electron chi connectivity index (χ0n) is 10.9. The van der Waals surface area contributed by atoms with Crippen LogP contribution in [0.4, 0.5) is 0 Å². The van der Waals surface area contributed by atoms with Crippen LogP contribution in [0.15, 0.2) is 0 Å². The van der Waals surface area contributed by atoms with Gasteiger partial charge in [-0.25, -0.2) is 0 Å². The Hall–Kier alpha value is 0.250. The van der Waals surface area contributed by atoms with E-state index in [1.807, 2.05) is 0 Å². The molecule has 6 nitrogen and oxygen atoms in total. The maximum atomic E-state index is 10.4. The van der Waals surface area contributed by atoms with Crippen LogP contribution in [0.5, 0.6) is 0 Å². The molecule has 0 aromatic heterocycles. The van der Waals surface area contributed by atoms with Crippen molar-refractivity contribution in [3.63, 3.8) is 0 Å². The van der Waals surface area contributed by atoms with Crippen molar-refractivity contribution in [2.24, 2.45) is 0 Å². The Labute approximate surface area is 117 Å². The van der Waals surface area contributed by atoms with E-state index in [9.17, 15) is 16.8 Å². The molecule has 2 N–H and O–H groups in total. The van der Waals surface area contributed by atoms with Gasteiger partial charge in [0.15, 0.2) is 0 Å². The van der Waals surface area contributed by atoms with Crippen LogP contribution in [-0.2, 0) is 20.2 Å². The van der Waals surface area contributed by atoms with E-state index in [-0.39, 0.29) is 11.5 Å². The van der Waals surface area contributed by atoms with Crippen LogP contribution < -0.4 is 0 Å². The molecule has 0 fully saturated rings. The van der Waals surface area contributed by atoms with Crippen molar-refractivity contribution in [2.75, 3.05) is 23.8 Å². The summed E-state index contributed by atoms with van der Waals surface area (Å²) in [5.74, 6) is -0.322. The minimum absolute atomic E-state index is 0.161. The Kier molecular flexibility index (Phi) is 10.2. The molecular weight excluding hydrogens is 311 g/mol. The molecule has 0 saturated carbocycles. The lowest BCUT2D eigenvalue weighted by atomic mass is 10.3. The standard InChI is InChI=1S/C10H23O6PS2/c11-18(12,13)9-5-1-3-7-17-8-4-2-6-10-19(14,15)16/h17H,1-10H2,(H,11,12,13)(H,14,15,16). The average molecular weight is 334 g/mol. The SMILES string of the molecule is O=S(=O)(O)CCCCCPCCCCCS(=O)(=O)O. The van der Waals surface area contributed by atoms with E-state index < -0.39 is 20.2 Å². The van der Waals surface area contributed by atoms with E-state index in [1.165, 1.54) is 0 Å². The summed E-state index contributed by atoms with van der Waals surface area (Å²) in [6.07, 6.45) is 6.60. The average Bonchev–Trinajstić information content (AvgIpc) is 2.22. The van der Waals surface area contributed by atoms with E-state index in [1.54, 1.807) is 0 Å². The Morgan fingerprint density at radius 1 is 0.632 bits per heavy atom. The Bertz CT molecular complexity index is 377. The molecule has 0 aliphatic carbocycles. The summed E-state index contributed by atoms with van der Waals surface area (Å²) < 4.78 is 58.8. The summed E-state index contributed by atoms with van der Waals surface area (Å²) in [7, 11) is -6.82. The first-order valence-electron chi connectivity index (χ1n) is 6.32. The fourth-order valence-electron chi connectivity index (χ4n) is 1.55. The van der Waals surface area contributed by atoms with Crippen molar-refractivity contribution in [3.8, 4) is 0 Å². The van der Waals surface area contributed by atoms with Gasteiger partial charge in [0.25, 0.3) is 20.2 Å². The predicted octanol–water partition coefficient (Wildman–Crippen LogP) is 1.78. The minimum atomic E-state index is -3.81. The van der Waals surface area contributed by atoms with Crippen LogP contribution in [0.1, 0.15) is 38.5 Å². The molecule has 0 amide bonds. The van der Waals surface area contributed by atoms with E-state index in [4.69, 9.17) is 9.11 Å². The minimum Gasteiger partial charge on any atom is -0.286 e. The summed E-state index contributed by atoms with van der Waals surface area (Å²) in [5, 5.41) is 0. The second-order valence-electron chi connectivity index (χ2n) is 4.44. The lowest BCUT2D eigenvalue weighted by Crippen LogP contribution is -2.03. The highest BCUT2D eigenvalue weighted by Gasteiger charge is 2.04. The van der Waals surface area contributed by atoms with Crippen LogP contribution in [0, 0.1) is 0 Å². The smallest absolute Gasteiger partial charge is 0.264 e. The molecule has 0 rings (SSSR count). The molecule has 0 heterocycles. The van der Waals surface area contributed by atoms with Crippen molar-refractivity contribution in [3.05, 3.63) is 0 Å². The Morgan fingerprint density at radius 3 is 1.32 bits per heavy atom. The number of unbranched alkanes of at least 4 members (excludes halogenated alkanes) is 4. The summed E-state index contributed by atoms with van der Waals surface area (Å²) in [4.78, 5) is 0. The first-order chi connectivity index (χ1) is 8.71. The van der Waals surface area contributed by atoms with E-state index in [0.717, 1.165) is 46.6 Å². The van der Waals surface area contributed by atoms with E-state index in [0.29, 0.717) is 12.8 Å². The zero-order valence-corrected chi connectivity index (χ0v) is 13.5. The van der Waals surface area contributed by atoms with Crippen LogP contribution in [-0.4, -0.2) is 49.8 Å². The van der Waals surface area contributed by atoms with Gasteiger partial charge in [-0.1, -0.05) is 12.8 Å². The number of hydrogen-bond acceptors (Lipinski definition) is 4. The predicted molar refractivity (Wildman–Crippen MR) is 78.6 cm³/mol. The van der Waals surface area contributed by atoms with Crippen molar-refractivity contribution >= 4 is 28.8 Å². The van der Waals surface area contributed by atoms with Crippen LogP contribution >= 0.6 is 8.58 Å². The molecule has 0 aliphatic heterocycles. The molecule has 0 aromatic rings. The van der Waals surface area contributed by atoms with Crippen molar-refractivity contribution in [1.29, 1.82) is 0 Å². The third-order valence-electron chi connectivity index (χ3n) is 2.51. The monoisotopic (exact) mass is 334 g/mol. The topological polar surface area (TPSA) is 109 Å². The second kappa shape index (κ2) is 10.0. The summed E-state index contributed by atoms with van der Waals surface area (Å²) in [5.41, 5.74) is 0. The quantitative estimate of drug-likeness (QED) is 0.320. The molecule has 0 aromatic carbocycles. The van der Waals surface area contributed by atoms with Gasteiger partial charge in [-0.15, -0.1) is 8.58 Å². The maximum Gasteiger partial charge on any atom is 0.264 e. The maximum absolute atomic E-state index is 10.4. The lowest BCUT2D eigenvalue weighted by molar-refractivity contribution is 0.478. The number of rotatable bonds is 12. The van der Waals surface area contributed by atoms with Gasteiger partial charge >= 0.3 is 0 Å². The fourth-order valence-corrected chi connectivity index (χ4v) is 3.94. The number of hydrogen-bond donors (Lipinski definition) is 2. The molecule has 0 spiro atoms. The zero-order chi connectivity index (χ0) is 14.8. The summed E-state index contributed by atoms with van der Waals surface area (Å²) in [6, 6.07) is 0. The van der Waals surface area contributed by atoms with Crippen LogP contribution in [0.25, 0.3) is 0 Å². The fraction of sp³-hybridized carbons (Fsp3) is 1.00. The van der Waals surface area contributed by atoms with Gasteiger partial charge in [-0.3, -0.25) is 9.11 Å². The molecule has 0 unspecified atom stereocenters. The molecule has 0 aliphatic rings. The first-order valence-corrected chi connectivity index (χ1v) is 10.9. The molecule has 116 valence electrons. The highest BCUT2D eigenvalue weighted by Crippen LogP contribution is 2.16. The highest BCUT2D eigenvalue weighted by atomic mass is 32.2. The van der Waals surface area contributed by atoms with E-state index >= 15 is 0 Å². The summed E-state index contributed by atoms with van der Waals surface area (Å²) in [6.45, 7) is 0. The largest absolute Gasteiger partial charge is 0.286 e. The van der Waals surface area contributed by atoms with Crippen molar-refractivity contribution in [2.45, 2.75) is 38.5 Å². The van der Waals surface area contributed by atoms with Gasteiger partial charge in [0, 0.05) is 0 Å². The highest BCUT2D eigenvalue weighted by molar-refractivity contribution is 7.86. The molecule has 0 radical (unpaired) electrons.